The first-order valence-electron chi connectivity index (χ1n) is 5.14. The Balaban J connectivity index is 2.58. The maximum absolute atomic E-state index is 11.2. The van der Waals surface area contributed by atoms with E-state index in [4.69, 9.17) is 9.47 Å². The second kappa shape index (κ2) is 4.47. The zero-order valence-corrected chi connectivity index (χ0v) is 9.17. The number of hydrogen-bond acceptors (Lipinski definition) is 4. The first kappa shape index (κ1) is 11.8. The minimum absolute atomic E-state index is 0.233. The third-order valence-corrected chi connectivity index (χ3v) is 2.34. The van der Waals surface area contributed by atoms with E-state index in [-0.39, 0.29) is 5.57 Å². The van der Waals surface area contributed by atoms with Crippen molar-refractivity contribution in [1.29, 1.82) is 0 Å². The summed E-state index contributed by atoms with van der Waals surface area (Å²) in [7, 11) is 0. The van der Waals surface area contributed by atoms with Crippen molar-refractivity contribution >= 4 is 11.9 Å². The summed E-state index contributed by atoms with van der Waals surface area (Å²) in [6.45, 7) is 6.96. The molecule has 1 fully saturated rings. The second-order valence-corrected chi connectivity index (χ2v) is 3.85. The predicted octanol–water partition coefficient (Wildman–Crippen LogP) is 1.94. The quantitative estimate of drug-likeness (QED) is 0.309. The Morgan fingerprint density at radius 2 is 1.73 bits per heavy atom. The lowest BCUT2D eigenvalue weighted by molar-refractivity contribution is -0.231. The molecular weight excluding hydrogens is 196 g/mol. The molecule has 0 N–H and O–H groups in total. The van der Waals surface area contributed by atoms with Gasteiger partial charge in [0.1, 0.15) is 5.57 Å². The lowest BCUT2D eigenvalue weighted by atomic mass is 10.1. The molecule has 0 aromatic heterocycles. The van der Waals surface area contributed by atoms with Crippen LogP contribution in [-0.4, -0.2) is 17.7 Å². The third-order valence-electron chi connectivity index (χ3n) is 2.34. The van der Waals surface area contributed by atoms with Crippen molar-refractivity contribution in [3.63, 3.8) is 0 Å². The van der Waals surface area contributed by atoms with Gasteiger partial charge in [-0.25, -0.2) is 9.59 Å². The number of carbonyl (C=O) groups is 2. The number of rotatable bonds is 4. The highest BCUT2D eigenvalue weighted by Gasteiger charge is 2.40. The summed E-state index contributed by atoms with van der Waals surface area (Å²) < 4.78 is 10.0. The zero-order chi connectivity index (χ0) is 11.5. The maximum atomic E-state index is 11.2. The minimum atomic E-state index is -1.11. The number of cyclic esters (lactones) is 2. The normalized spacial score (nSPS) is 19.7. The van der Waals surface area contributed by atoms with E-state index in [2.05, 4.69) is 13.5 Å². The predicted molar refractivity (Wildman–Crippen MR) is 53.9 cm³/mol. The molecule has 0 bridgehead atoms. The second-order valence-electron chi connectivity index (χ2n) is 3.85. The van der Waals surface area contributed by atoms with E-state index in [1.165, 1.54) is 0 Å². The molecule has 0 radical (unpaired) electrons. The molecule has 4 heteroatoms. The van der Waals surface area contributed by atoms with Gasteiger partial charge in [0.15, 0.2) is 0 Å². The molecule has 0 aromatic carbocycles. The van der Waals surface area contributed by atoms with Crippen molar-refractivity contribution < 1.29 is 19.1 Å². The van der Waals surface area contributed by atoms with Crippen LogP contribution in [0, 0.1) is 0 Å². The molecule has 15 heavy (non-hydrogen) atoms. The average molecular weight is 212 g/mol. The monoisotopic (exact) mass is 212 g/mol. The third kappa shape index (κ3) is 2.81. The van der Waals surface area contributed by atoms with Crippen molar-refractivity contribution in [2.24, 2.45) is 0 Å². The molecule has 1 aliphatic heterocycles. The largest absolute Gasteiger partial charge is 0.419 e. The van der Waals surface area contributed by atoms with Gasteiger partial charge in [-0.3, -0.25) is 0 Å². The summed E-state index contributed by atoms with van der Waals surface area (Å²) in [5, 5.41) is 0. The van der Waals surface area contributed by atoms with Crippen LogP contribution in [0.1, 0.15) is 39.5 Å². The average Bonchev–Trinajstić information content (AvgIpc) is 2.14. The van der Waals surface area contributed by atoms with Crippen molar-refractivity contribution in [3.05, 3.63) is 12.2 Å². The van der Waals surface area contributed by atoms with Crippen LogP contribution >= 0.6 is 0 Å². The van der Waals surface area contributed by atoms with Crippen LogP contribution in [0.25, 0.3) is 0 Å². The Bertz CT molecular complexity index is 273. The Kier molecular flexibility index (Phi) is 3.50. The van der Waals surface area contributed by atoms with E-state index in [1.807, 2.05) is 0 Å². The molecule has 0 spiro atoms. The van der Waals surface area contributed by atoms with Gasteiger partial charge in [0, 0.05) is 13.3 Å². The van der Waals surface area contributed by atoms with Gasteiger partial charge in [-0.1, -0.05) is 26.3 Å². The Morgan fingerprint density at radius 3 is 2.20 bits per heavy atom. The van der Waals surface area contributed by atoms with E-state index in [9.17, 15) is 9.59 Å². The molecule has 0 aromatic rings. The standard InChI is InChI=1S/C11H16O4/c1-4-5-6-7-11(3)14-9(12)8(2)10(13)15-11/h2,4-7H2,1,3H3. The topological polar surface area (TPSA) is 52.6 Å². The SMILES string of the molecule is C=C1C(=O)OC(C)(CCCCC)OC1=O. The van der Waals surface area contributed by atoms with Gasteiger partial charge in [0.2, 0.25) is 0 Å². The fourth-order valence-electron chi connectivity index (χ4n) is 1.42. The minimum Gasteiger partial charge on any atom is -0.419 e. The molecule has 0 saturated carbocycles. The summed E-state index contributed by atoms with van der Waals surface area (Å²) in [6.07, 6.45) is 3.47. The van der Waals surface area contributed by atoms with Crippen LogP contribution in [0.4, 0.5) is 0 Å². The van der Waals surface area contributed by atoms with Gasteiger partial charge in [-0.15, -0.1) is 0 Å². The van der Waals surface area contributed by atoms with Crippen molar-refractivity contribution in [3.8, 4) is 0 Å². The van der Waals surface area contributed by atoms with Gasteiger partial charge in [-0.05, 0) is 6.42 Å². The zero-order valence-electron chi connectivity index (χ0n) is 9.17. The van der Waals surface area contributed by atoms with Gasteiger partial charge in [0.05, 0.1) is 0 Å². The van der Waals surface area contributed by atoms with Crippen molar-refractivity contribution in [2.75, 3.05) is 0 Å². The first-order chi connectivity index (χ1) is 6.98. The molecule has 0 atom stereocenters. The van der Waals surface area contributed by atoms with Crippen LogP contribution in [0.5, 0.6) is 0 Å². The van der Waals surface area contributed by atoms with Crippen LogP contribution in [0.2, 0.25) is 0 Å². The van der Waals surface area contributed by atoms with E-state index in [0.717, 1.165) is 19.3 Å². The fraction of sp³-hybridized carbons (Fsp3) is 0.636. The molecule has 1 saturated heterocycles. The van der Waals surface area contributed by atoms with Gasteiger partial charge in [-0.2, -0.15) is 0 Å². The van der Waals surface area contributed by atoms with E-state index in [0.29, 0.717) is 6.42 Å². The summed E-state index contributed by atoms with van der Waals surface area (Å²) in [5.74, 6) is -2.46. The van der Waals surface area contributed by atoms with Gasteiger partial charge >= 0.3 is 11.9 Å². The maximum Gasteiger partial charge on any atom is 0.348 e. The van der Waals surface area contributed by atoms with Crippen molar-refractivity contribution in [1.82, 2.24) is 0 Å². The number of hydrogen-bond donors (Lipinski definition) is 0. The van der Waals surface area contributed by atoms with Crippen LogP contribution in [0.15, 0.2) is 12.2 Å². The van der Waals surface area contributed by atoms with E-state index >= 15 is 0 Å². The first-order valence-corrected chi connectivity index (χ1v) is 5.14. The number of esters is 2. The van der Waals surface area contributed by atoms with Crippen LogP contribution in [-0.2, 0) is 19.1 Å². The highest BCUT2D eigenvalue weighted by molar-refractivity contribution is 6.14. The van der Waals surface area contributed by atoms with Crippen LogP contribution in [0.3, 0.4) is 0 Å². The molecule has 1 aliphatic rings. The highest BCUT2D eigenvalue weighted by atomic mass is 16.7. The Morgan fingerprint density at radius 1 is 1.20 bits per heavy atom. The van der Waals surface area contributed by atoms with Crippen molar-refractivity contribution in [2.45, 2.75) is 45.3 Å². The Hall–Kier alpha value is -1.32. The number of carbonyl (C=O) groups excluding carboxylic acids is 2. The number of unbranched alkanes of at least 4 members (excludes halogenated alkanes) is 2. The smallest absolute Gasteiger partial charge is 0.348 e. The molecular formula is C11H16O4. The molecule has 0 aliphatic carbocycles. The lowest BCUT2D eigenvalue weighted by Gasteiger charge is -2.33. The number of ether oxygens (including phenoxy) is 2. The summed E-state index contributed by atoms with van der Waals surface area (Å²) >= 11 is 0. The fourth-order valence-corrected chi connectivity index (χ4v) is 1.42. The van der Waals surface area contributed by atoms with E-state index < -0.39 is 17.7 Å². The van der Waals surface area contributed by atoms with Crippen LogP contribution < -0.4 is 0 Å². The molecule has 0 unspecified atom stereocenters. The molecule has 84 valence electrons. The highest BCUT2D eigenvalue weighted by Crippen LogP contribution is 2.27. The molecule has 1 heterocycles. The molecule has 1 rings (SSSR count). The molecule has 0 amide bonds. The van der Waals surface area contributed by atoms with Gasteiger partial charge in [0.25, 0.3) is 5.79 Å². The lowest BCUT2D eigenvalue weighted by Crippen LogP contribution is -2.43. The summed E-state index contributed by atoms with van der Waals surface area (Å²) in [4.78, 5) is 22.5. The Labute approximate surface area is 89.2 Å². The van der Waals surface area contributed by atoms with Gasteiger partial charge < -0.3 is 9.47 Å². The van der Waals surface area contributed by atoms with E-state index in [1.54, 1.807) is 6.92 Å². The molecule has 4 nitrogen and oxygen atoms in total. The summed E-state index contributed by atoms with van der Waals surface area (Å²) in [5.41, 5.74) is -0.233. The summed E-state index contributed by atoms with van der Waals surface area (Å²) in [6, 6.07) is 0.